The summed E-state index contributed by atoms with van der Waals surface area (Å²) in [5, 5.41) is 7.72. The standard InChI is InChI=1S/C14H13FN4OS/c1-7-12(16)13(19(2)18-7)17-14(20)11-5-8-3-4-9(15)6-10(8)21-11/h3-6H,16H2,1-2H3,(H,17,20). The van der Waals surface area contributed by atoms with E-state index in [1.807, 2.05) is 0 Å². The Morgan fingerprint density at radius 3 is 2.86 bits per heavy atom. The van der Waals surface area contributed by atoms with Gasteiger partial charge in [-0.25, -0.2) is 4.39 Å². The third-order valence-corrected chi connectivity index (χ3v) is 4.30. The van der Waals surface area contributed by atoms with Crippen LogP contribution in [0.5, 0.6) is 0 Å². The second-order valence-electron chi connectivity index (χ2n) is 4.72. The first kappa shape index (κ1) is 13.6. The number of nitrogen functional groups attached to an aromatic ring is 1. The zero-order chi connectivity index (χ0) is 15.1. The van der Waals surface area contributed by atoms with Gasteiger partial charge in [0, 0.05) is 11.7 Å². The van der Waals surface area contributed by atoms with Crippen LogP contribution in [0.15, 0.2) is 24.3 Å². The molecule has 0 saturated heterocycles. The van der Waals surface area contributed by atoms with Crippen LogP contribution < -0.4 is 11.1 Å². The van der Waals surface area contributed by atoms with E-state index in [-0.39, 0.29) is 11.7 Å². The lowest BCUT2D eigenvalue weighted by atomic mass is 10.2. The maximum Gasteiger partial charge on any atom is 0.266 e. The molecule has 0 aliphatic heterocycles. The zero-order valence-corrected chi connectivity index (χ0v) is 12.3. The number of thiophene rings is 1. The highest BCUT2D eigenvalue weighted by molar-refractivity contribution is 7.20. The summed E-state index contributed by atoms with van der Waals surface area (Å²) in [7, 11) is 1.71. The van der Waals surface area contributed by atoms with Gasteiger partial charge in [-0.05, 0) is 30.5 Å². The van der Waals surface area contributed by atoms with Crippen molar-refractivity contribution in [2.45, 2.75) is 6.92 Å². The monoisotopic (exact) mass is 304 g/mol. The van der Waals surface area contributed by atoms with Crippen molar-refractivity contribution in [3.05, 3.63) is 40.7 Å². The third-order valence-electron chi connectivity index (χ3n) is 3.21. The summed E-state index contributed by atoms with van der Waals surface area (Å²) >= 11 is 1.23. The van der Waals surface area contributed by atoms with Gasteiger partial charge in [-0.1, -0.05) is 6.07 Å². The molecule has 21 heavy (non-hydrogen) atoms. The van der Waals surface area contributed by atoms with Gasteiger partial charge < -0.3 is 11.1 Å². The highest BCUT2D eigenvalue weighted by Gasteiger charge is 2.16. The van der Waals surface area contributed by atoms with Crippen LogP contribution >= 0.6 is 11.3 Å². The molecule has 7 heteroatoms. The first-order valence-corrected chi connectivity index (χ1v) is 7.07. The summed E-state index contributed by atoms with van der Waals surface area (Å²) < 4.78 is 15.4. The van der Waals surface area contributed by atoms with Gasteiger partial charge in [0.15, 0.2) is 5.82 Å². The van der Waals surface area contributed by atoms with Gasteiger partial charge in [0.2, 0.25) is 0 Å². The van der Waals surface area contributed by atoms with Gasteiger partial charge in [-0.3, -0.25) is 9.48 Å². The number of nitrogens with one attached hydrogen (secondary N) is 1. The number of benzene rings is 1. The predicted molar refractivity (Wildman–Crippen MR) is 82.1 cm³/mol. The molecule has 108 valence electrons. The molecule has 3 rings (SSSR count). The second kappa shape index (κ2) is 4.85. The van der Waals surface area contributed by atoms with Gasteiger partial charge in [-0.2, -0.15) is 5.10 Å². The zero-order valence-electron chi connectivity index (χ0n) is 11.5. The highest BCUT2D eigenvalue weighted by Crippen LogP contribution is 2.28. The van der Waals surface area contributed by atoms with Crippen LogP contribution in [0.4, 0.5) is 15.9 Å². The minimum absolute atomic E-state index is 0.286. The third kappa shape index (κ3) is 2.36. The van der Waals surface area contributed by atoms with E-state index in [1.165, 1.54) is 28.2 Å². The first-order chi connectivity index (χ1) is 9.95. The molecule has 0 spiro atoms. The second-order valence-corrected chi connectivity index (χ2v) is 5.80. The van der Waals surface area contributed by atoms with Crippen LogP contribution in [0.3, 0.4) is 0 Å². The van der Waals surface area contributed by atoms with Crippen LogP contribution in [0.2, 0.25) is 0 Å². The Labute approximate surface area is 124 Å². The quantitative estimate of drug-likeness (QED) is 0.764. The number of nitrogens with zero attached hydrogens (tertiary/aromatic N) is 2. The van der Waals surface area contributed by atoms with E-state index >= 15 is 0 Å². The molecular weight excluding hydrogens is 291 g/mol. The summed E-state index contributed by atoms with van der Waals surface area (Å²) in [5.74, 6) is -0.143. The van der Waals surface area contributed by atoms with E-state index in [2.05, 4.69) is 10.4 Å². The van der Waals surface area contributed by atoms with Crippen molar-refractivity contribution >= 4 is 38.8 Å². The van der Waals surface area contributed by atoms with Crippen molar-refractivity contribution < 1.29 is 9.18 Å². The molecule has 1 aromatic carbocycles. The fourth-order valence-electron chi connectivity index (χ4n) is 2.11. The molecule has 0 fully saturated rings. The number of hydrogen-bond donors (Lipinski definition) is 2. The van der Waals surface area contributed by atoms with Crippen molar-refractivity contribution in [3.8, 4) is 0 Å². The number of aryl methyl sites for hydroxylation is 2. The number of fused-ring (bicyclic) bond motifs is 1. The number of hydrogen-bond acceptors (Lipinski definition) is 4. The fraction of sp³-hybridized carbons (Fsp3) is 0.143. The van der Waals surface area contributed by atoms with Crippen molar-refractivity contribution in [2.24, 2.45) is 7.05 Å². The van der Waals surface area contributed by atoms with Crippen LogP contribution in [-0.2, 0) is 7.05 Å². The number of anilines is 2. The summed E-state index contributed by atoms with van der Waals surface area (Å²) in [4.78, 5) is 12.8. The molecule has 0 aliphatic carbocycles. The predicted octanol–water partition coefficient (Wildman–Crippen LogP) is 2.92. The minimum Gasteiger partial charge on any atom is -0.394 e. The lowest BCUT2D eigenvalue weighted by Gasteiger charge is -2.04. The molecule has 0 radical (unpaired) electrons. The molecule has 0 atom stereocenters. The average Bonchev–Trinajstić information content (AvgIpc) is 2.95. The Bertz CT molecular complexity index is 852. The number of rotatable bonds is 2. The van der Waals surface area contributed by atoms with Gasteiger partial charge >= 0.3 is 0 Å². The van der Waals surface area contributed by atoms with E-state index in [0.29, 0.717) is 22.1 Å². The Morgan fingerprint density at radius 1 is 1.43 bits per heavy atom. The number of carbonyl (C=O) groups is 1. The Morgan fingerprint density at radius 2 is 2.19 bits per heavy atom. The van der Waals surface area contributed by atoms with E-state index < -0.39 is 0 Å². The summed E-state index contributed by atoms with van der Waals surface area (Å²) in [6.45, 7) is 1.77. The Balaban J connectivity index is 1.93. The molecule has 0 bridgehead atoms. The van der Waals surface area contributed by atoms with E-state index in [1.54, 1.807) is 26.1 Å². The summed E-state index contributed by atoms with van der Waals surface area (Å²) in [6.07, 6.45) is 0. The molecule has 0 saturated carbocycles. The number of halogens is 1. The molecule has 0 aliphatic rings. The van der Waals surface area contributed by atoms with Crippen LogP contribution in [0.1, 0.15) is 15.4 Å². The van der Waals surface area contributed by atoms with Crippen molar-refractivity contribution in [1.82, 2.24) is 9.78 Å². The molecule has 1 amide bonds. The van der Waals surface area contributed by atoms with Gasteiger partial charge in [0.1, 0.15) is 5.82 Å². The maximum absolute atomic E-state index is 13.2. The molecular formula is C14H13FN4OS. The lowest BCUT2D eigenvalue weighted by Crippen LogP contribution is -2.14. The van der Waals surface area contributed by atoms with Gasteiger partial charge in [-0.15, -0.1) is 11.3 Å². The summed E-state index contributed by atoms with van der Waals surface area (Å²) in [6, 6.07) is 6.17. The largest absolute Gasteiger partial charge is 0.394 e. The van der Waals surface area contributed by atoms with E-state index in [0.717, 1.165) is 10.1 Å². The first-order valence-electron chi connectivity index (χ1n) is 6.25. The molecule has 2 aromatic heterocycles. The molecule has 2 heterocycles. The molecule has 3 N–H and O–H groups in total. The number of aromatic nitrogens is 2. The maximum atomic E-state index is 13.2. The van der Waals surface area contributed by atoms with Gasteiger partial charge in [0.25, 0.3) is 5.91 Å². The Hall–Kier alpha value is -2.41. The van der Waals surface area contributed by atoms with Crippen LogP contribution in [-0.4, -0.2) is 15.7 Å². The van der Waals surface area contributed by atoms with E-state index in [9.17, 15) is 9.18 Å². The fourth-order valence-corrected chi connectivity index (χ4v) is 3.09. The molecule has 5 nitrogen and oxygen atoms in total. The van der Waals surface area contributed by atoms with Gasteiger partial charge in [0.05, 0.1) is 16.3 Å². The average molecular weight is 304 g/mol. The van der Waals surface area contributed by atoms with E-state index in [4.69, 9.17) is 5.73 Å². The van der Waals surface area contributed by atoms with Crippen molar-refractivity contribution in [2.75, 3.05) is 11.1 Å². The summed E-state index contributed by atoms with van der Waals surface area (Å²) in [5.41, 5.74) is 6.98. The number of nitrogens with two attached hydrogens (primary N) is 1. The number of amides is 1. The normalized spacial score (nSPS) is 11.0. The molecule has 3 aromatic rings. The highest BCUT2D eigenvalue weighted by atomic mass is 32.1. The SMILES string of the molecule is Cc1nn(C)c(NC(=O)c2cc3ccc(F)cc3s2)c1N. The van der Waals surface area contributed by atoms with Crippen molar-refractivity contribution in [1.29, 1.82) is 0 Å². The van der Waals surface area contributed by atoms with Crippen molar-refractivity contribution in [3.63, 3.8) is 0 Å². The molecule has 0 unspecified atom stereocenters. The lowest BCUT2D eigenvalue weighted by molar-refractivity contribution is 0.102. The van der Waals surface area contributed by atoms with Crippen LogP contribution in [0, 0.1) is 12.7 Å². The topological polar surface area (TPSA) is 72.9 Å². The minimum atomic E-state index is -0.317. The number of carbonyl (C=O) groups excluding carboxylic acids is 1. The Kier molecular flexibility index (Phi) is 3.13. The smallest absolute Gasteiger partial charge is 0.266 e. The van der Waals surface area contributed by atoms with Crippen LogP contribution in [0.25, 0.3) is 10.1 Å².